The van der Waals surface area contributed by atoms with Gasteiger partial charge in [-0.3, -0.25) is 9.59 Å². The SMILES string of the molecule is CC(C)(C)COC(=O)C(CC(=O)OCCCC(F)(F)C(F)(F)F)S(=O)(=O)[O-].[Na+]. The van der Waals surface area contributed by atoms with Gasteiger partial charge in [-0.1, -0.05) is 20.8 Å². The van der Waals surface area contributed by atoms with Crippen molar-refractivity contribution in [1.29, 1.82) is 0 Å². The van der Waals surface area contributed by atoms with E-state index in [2.05, 4.69) is 9.47 Å². The second-order valence-electron chi connectivity index (χ2n) is 6.88. The Hall–Kier alpha value is -0.500. The molecule has 0 aliphatic carbocycles. The third-order valence-corrected chi connectivity index (χ3v) is 3.98. The molecule has 0 amide bonds. The normalized spacial score (nSPS) is 14.0. The fourth-order valence-corrected chi connectivity index (χ4v) is 2.16. The van der Waals surface area contributed by atoms with Crippen molar-refractivity contribution in [3.05, 3.63) is 0 Å². The van der Waals surface area contributed by atoms with Crippen LogP contribution in [0.1, 0.15) is 40.0 Å². The quantitative estimate of drug-likeness (QED) is 0.152. The van der Waals surface area contributed by atoms with Crippen LogP contribution in [0.5, 0.6) is 0 Å². The number of alkyl halides is 5. The molecule has 0 heterocycles. The van der Waals surface area contributed by atoms with Crippen molar-refractivity contribution < 1.29 is 83.5 Å². The van der Waals surface area contributed by atoms with Gasteiger partial charge in [0.25, 0.3) is 0 Å². The molecule has 0 N–H and O–H groups in total. The molecule has 1 unspecified atom stereocenters. The molecule has 0 spiro atoms. The van der Waals surface area contributed by atoms with Crippen LogP contribution >= 0.6 is 0 Å². The summed E-state index contributed by atoms with van der Waals surface area (Å²) in [7, 11) is -5.29. The second kappa shape index (κ2) is 11.0. The number of carbonyl (C=O) groups excluding carboxylic acids is 2. The zero-order chi connectivity index (χ0) is 21.7. The van der Waals surface area contributed by atoms with E-state index in [1.807, 2.05) is 0 Å². The Balaban J connectivity index is 0. The zero-order valence-corrected chi connectivity index (χ0v) is 18.6. The number of carbonyl (C=O) groups is 2. The van der Waals surface area contributed by atoms with Gasteiger partial charge in [0, 0.05) is 6.42 Å². The Morgan fingerprint density at radius 2 is 1.54 bits per heavy atom. The van der Waals surface area contributed by atoms with E-state index in [0.29, 0.717) is 0 Å². The molecular formula is C14H20F5NaO7S. The minimum atomic E-state index is -5.75. The Bertz CT molecular complexity index is 629. The molecule has 0 aliphatic heterocycles. The molecule has 14 heteroatoms. The number of halogens is 5. The summed E-state index contributed by atoms with van der Waals surface area (Å²) < 4.78 is 104. The molecule has 0 aromatic rings. The van der Waals surface area contributed by atoms with E-state index < -0.39 is 70.7 Å². The predicted octanol–water partition coefficient (Wildman–Crippen LogP) is -0.595. The Morgan fingerprint density at radius 3 is 1.93 bits per heavy atom. The summed E-state index contributed by atoms with van der Waals surface area (Å²) in [6, 6.07) is 0. The van der Waals surface area contributed by atoms with Crippen LogP contribution in [0.25, 0.3) is 0 Å². The van der Waals surface area contributed by atoms with Crippen LogP contribution in [-0.2, 0) is 29.2 Å². The van der Waals surface area contributed by atoms with Gasteiger partial charge in [0.2, 0.25) is 0 Å². The molecule has 28 heavy (non-hydrogen) atoms. The summed E-state index contributed by atoms with van der Waals surface area (Å²) in [5.41, 5.74) is -0.558. The number of ether oxygens (including phenoxy) is 2. The third kappa shape index (κ3) is 11.5. The summed E-state index contributed by atoms with van der Waals surface area (Å²) in [4.78, 5) is 23.2. The Kier molecular flexibility index (Phi) is 11.7. The van der Waals surface area contributed by atoms with Gasteiger partial charge in [-0.05, 0) is 11.8 Å². The fraction of sp³-hybridized carbons (Fsp3) is 0.857. The predicted molar refractivity (Wildman–Crippen MR) is 79.7 cm³/mol. The van der Waals surface area contributed by atoms with Crippen LogP contribution in [0.4, 0.5) is 22.0 Å². The first-order valence-electron chi connectivity index (χ1n) is 7.58. The van der Waals surface area contributed by atoms with Crippen molar-refractivity contribution in [1.82, 2.24) is 0 Å². The van der Waals surface area contributed by atoms with Gasteiger partial charge < -0.3 is 14.0 Å². The van der Waals surface area contributed by atoms with E-state index in [0.717, 1.165) is 0 Å². The largest absolute Gasteiger partial charge is 1.00 e. The van der Waals surface area contributed by atoms with E-state index in [9.17, 15) is 44.5 Å². The molecular weight excluding hydrogens is 430 g/mol. The minimum Gasteiger partial charge on any atom is -0.747 e. The number of hydrogen-bond donors (Lipinski definition) is 0. The van der Waals surface area contributed by atoms with Crippen LogP contribution in [-0.4, -0.2) is 55.5 Å². The summed E-state index contributed by atoms with van der Waals surface area (Å²) in [5, 5.41) is -2.41. The first-order chi connectivity index (χ1) is 11.9. The van der Waals surface area contributed by atoms with Crippen LogP contribution < -0.4 is 29.6 Å². The van der Waals surface area contributed by atoms with Gasteiger partial charge in [-0.25, -0.2) is 8.42 Å². The zero-order valence-electron chi connectivity index (χ0n) is 15.8. The van der Waals surface area contributed by atoms with E-state index in [-0.39, 0.29) is 36.2 Å². The maximum Gasteiger partial charge on any atom is 1.00 e. The maximum atomic E-state index is 12.7. The molecule has 0 radical (unpaired) electrons. The Labute approximate surface area is 181 Å². The molecule has 0 aromatic carbocycles. The van der Waals surface area contributed by atoms with Crippen molar-refractivity contribution in [2.24, 2.45) is 5.41 Å². The third-order valence-electron chi connectivity index (χ3n) is 2.92. The maximum absolute atomic E-state index is 12.7. The smallest absolute Gasteiger partial charge is 0.747 e. The molecule has 0 saturated heterocycles. The van der Waals surface area contributed by atoms with Gasteiger partial charge >= 0.3 is 53.6 Å². The van der Waals surface area contributed by atoms with Gasteiger partial charge in [-0.2, -0.15) is 22.0 Å². The van der Waals surface area contributed by atoms with E-state index in [4.69, 9.17) is 0 Å². The van der Waals surface area contributed by atoms with Gasteiger partial charge in [0.15, 0.2) is 5.25 Å². The van der Waals surface area contributed by atoms with Gasteiger partial charge in [0.1, 0.15) is 10.1 Å². The number of hydrogen-bond acceptors (Lipinski definition) is 7. The average molecular weight is 450 g/mol. The van der Waals surface area contributed by atoms with Crippen molar-refractivity contribution in [3.63, 3.8) is 0 Å². The molecule has 0 fully saturated rings. The summed E-state index contributed by atoms with van der Waals surface area (Å²) in [6.45, 7) is 3.80. The van der Waals surface area contributed by atoms with Gasteiger partial charge in [-0.15, -0.1) is 0 Å². The molecule has 0 rings (SSSR count). The first kappa shape index (κ1) is 29.7. The topological polar surface area (TPSA) is 110 Å². The van der Waals surface area contributed by atoms with Crippen LogP contribution in [0, 0.1) is 5.41 Å². The summed E-state index contributed by atoms with van der Waals surface area (Å²) >= 11 is 0. The summed E-state index contributed by atoms with van der Waals surface area (Å²) in [6.07, 6.45) is -9.53. The van der Waals surface area contributed by atoms with Crippen LogP contribution in [0.15, 0.2) is 0 Å². The Morgan fingerprint density at radius 1 is 1.04 bits per heavy atom. The van der Waals surface area contributed by atoms with Crippen molar-refractivity contribution >= 4 is 22.1 Å². The molecule has 0 aromatic heterocycles. The summed E-state index contributed by atoms with van der Waals surface area (Å²) in [5.74, 6) is -7.89. The molecule has 1 atom stereocenters. The molecule has 0 bridgehead atoms. The van der Waals surface area contributed by atoms with Gasteiger partial charge in [0.05, 0.1) is 19.6 Å². The molecule has 0 aliphatic rings. The first-order valence-corrected chi connectivity index (χ1v) is 9.05. The van der Waals surface area contributed by atoms with E-state index in [1.54, 1.807) is 20.8 Å². The second-order valence-corrected chi connectivity index (χ2v) is 8.43. The number of esters is 2. The van der Waals surface area contributed by atoms with Crippen molar-refractivity contribution in [2.75, 3.05) is 13.2 Å². The monoisotopic (exact) mass is 450 g/mol. The van der Waals surface area contributed by atoms with Crippen LogP contribution in [0.3, 0.4) is 0 Å². The standard InChI is InChI=1S/C14H21F5O7S.Na/c1-12(2,3)8-26-11(21)9(27(22,23)24)7-10(20)25-6-4-5-13(15,16)14(17,18)19;/h9H,4-8H2,1-3H3,(H,22,23,24);/q;+1/p-1. The van der Waals surface area contributed by atoms with Crippen LogP contribution in [0.2, 0.25) is 0 Å². The molecule has 0 saturated carbocycles. The number of rotatable bonds is 9. The van der Waals surface area contributed by atoms with Crippen molar-refractivity contribution in [3.8, 4) is 0 Å². The van der Waals surface area contributed by atoms with E-state index in [1.165, 1.54) is 0 Å². The fourth-order valence-electron chi connectivity index (χ4n) is 1.52. The minimum absolute atomic E-state index is 0. The van der Waals surface area contributed by atoms with E-state index >= 15 is 0 Å². The molecule has 160 valence electrons. The molecule has 7 nitrogen and oxygen atoms in total. The average Bonchev–Trinajstić information content (AvgIpc) is 2.43. The van der Waals surface area contributed by atoms with Crippen molar-refractivity contribution in [2.45, 2.75) is 57.4 Å².